The average molecular weight is 247 g/mol. The molecule has 0 aromatic carbocycles. The molecule has 1 aromatic heterocycles. The average Bonchev–Trinajstić information content (AvgIpc) is 2.15. The first kappa shape index (κ1) is 12.9. The van der Waals surface area contributed by atoms with Crippen LogP contribution in [-0.2, 0) is 4.74 Å². The molecule has 0 atom stereocenters. The van der Waals surface area contributed by atoms with Gasteiger partial charge in [-0.1, -0.05) is 13.8 Å². The highest BCUT2D eigenvalue weighted by atomic mass is 35.5. The summed E-state index contributed by atoms with van der Waals surface area (Å²) in [6.07, 6.45) is 0. The molecule has 16 heavy (non-hydrogen) atoms. The second-order valence-electron chi connectivity index (χ2n) is 3.56. The Morgan fingerprint density at radius 3 is 2.62 bits per heavy atom. The molecule has 6 nitrogen and oxygen atoms in total. The van der Waals surface area contributed by atoms with Crippen LogP contribution in [0.2, 0.25) is 5.28 Å². The van der Waals surface area contributed by atoms with E-state index in [1.54, 1.807) is 0 Å². The minimum Gasteiger partial charge on any atom is -0.461 e. The molecule has 7 heteroatoms. The number of ether oxygens (including phenoxy) is 2. The lowest BCUT2D eigenvalue weighted by atomic mass is 10.2. The van der Waals surface area contributed by atoms with Crippen molar-refractivity contribution in [2.45, 2.75) is 13.8 Å². The lowest BCUT2D eigenvalue weighted by molar-refractivity contribution is 0.0791. The molecule has 90 valence electrons. The van der Waals surface area contributed by atoms with E-state index < -0.39 is 0 Å². The lowest BCUT2D eigenvalue weighted by Gasteiger charge is -2.07. The van der Waals surface area contributed by atoms with Crippen molar-refractivity contribution in [3.05, 3.63) is 5.28 Å². The number of nitrogens with zero attached hydrogens (tertiary/aromatic N) is 3. The predicted molar refractivity (Wildman–Crippen MR) is 60.4 cm³/mol. The molecular formula is C9H15ClN4O2. The molecule has 0 saturated carbocycles. The number of halogens is 1. The summed E-state index contributed by atoms with van der Waals surface area (Å²) in [5.74, 6) is 0.542. The van der Waals surface area contributed by atoms with Crippen LogP contribution in [0.3, 0.4) is 0 Å². The zero-order valence-electron chi connectivity index (χ0n) is 9.31. The predicted octanol–water partition coefficient (Wildman–Crippen LogP) is 1.16. The monoisotopic (exact) mass is 246 g/mol. The van der Waals surface area contributed by atoms with Gasteiger partial charge in [0.05, 0.1) is 6.61 Å². The summed E-state index contributed by atoms with van der Waals surface area (Å²) < 4.78 is 10.5. The van der Waals surface area contributed by atoms with E-state index in [9.17, 15) is 0 Å². The zero-order valence-corrected chi connectivity index (χ0v) is 10.1. The van der Waals surface area contributed by atoms with Crippen LogP contribution in [0.1, 0.15) is 13.8 Å². The number of anilines is 1. The van der Waals surface area contributed by atoms with Gasteiger partial charge >= 0.3 is 6.01 Å². The Kier molecular flexibility index (Phi) is 5.21. The van der Waals surface area contributed by atoms with E-state index in [-0.39, 0.29) is 17.2 Å². The molecule has 0 bridgehead atoms. The van der Waals surface area contributed by atoms with Gasteiger partial charge in [0.25, 0.3) is 0 Å². The van der Waals surface area contributed by atoms with Gasteiger partial charge in [-0.05, 0) is 17.5 Å². The van der Waals surface area contributed by atoms with Crippen molar-refractivity contribution in [1.82, 2.24) is 15.0 Å². The summed E-state index contributed by atoms with van der Waals surface area (Å²) in [6, 6.07) is 0.116. The van der Waals surface area contributed by atoms with Gasteiger partial charge in [0.15, 0.2) is 0 Å². The molecule has 0 spiro atoms. The maximum absolute atomic E-state index is 5.58. The Balaban J connectivity index is 2.26. The molecule has 0 radical (unpaired) electrons. The van der Waals surface area contributed by atoms with Gasteiger partial charge in [0.1, 0.15) is 6.61 Å². The fourth-order valence-electron chi connectivity index (χ4n) is 0.922. The number of hydrogen-bond donors (Lipinski definition) is 1. The standard InChI is InChI=1S/C9H15ClN4O2/c1-6(2)5-15-3-4-16-9-13-7(10)12-8(11)14-9/h6H,3-5H2,1-2H3,(H2,11,12,13,14). The van der Waals surface area contributed by atoms with Crippen LogP contribution in [0.5, 0.6) is 6.01 Å². The maximum Gasteiger partial charge on any atom is 0.322 e. The molecule has 1 heterocycles. The third kappa shape index (κ3) is 5.09. The molecule has 0 aliphatic rings. The van der Waals surface area contributed by atoms with E-state index in [4.69, 9.17) is 26.8 Å². The fourth-order valence-corrected chi connectivity index (χ4v) is 1.08. The fraction of sp³-hybridized carbons (Fsp3) is 0.667. The lowest BCUT2D eigenvalue weighted by Crippen LogP contribution is -2.12. The van der Waals surface area contributed by atoms with Crippen molar-refractivity contribution in [3.8, 4) is 6.01 Å². The van der Waals surface area contributed by atoms with Crippen LogP contribution in [0.15, 0.2) is 0 Å². The summed E-state index contributed by atoms with van der Waals surface area (Å²) in [4.78, 5) is 11.1. The largest absolute Gasteiger partial charge is 0.461 e. The van der Waals surface area contributed by atoms with Crippen LogP contribution >= 0.6 is 11.6 Å². The number of hydrogen-bond acceptors (Lipinski definition) is 6. The van der Waals surface area contributed by atoms with E-state index in [1.807, 2.05) is 0 Å². The van der Waals surface area contributed by atoms with E-state index in [0.717, 1.165) is 0 Å². The Labute approximate surface area is 99.2 Å². The highest BCUT2D eigenvalue weighted by molar-refractivity contribution is 6.28. The van der Waals surface area contributed by atoms with E-state index in [0.29, 0.717) is 25.7 Å². The minimum absolute atomic E-state index is 0.0191. The number of nitrogens with two attached hydrogens (primary N) is 1. The molecule has 2 N–H and O–H groups in total. The van der Waals surface area contributed by atoms with Crippen molar-refractivity contribution < 1.29 is 9.47 Å². The van der Waals surface area contributed by atoms with Crippen molar-refractivity contribution in [2.75, 3.05) is 25.6 Å². The highest BCUT2D eigenvalue weighted by Crippen LogP contribution is 2.08. The van der Waals surface area contributed by atoms with Crippen molar-refractivity contribution in [3.63, 3.8) is 0 Å². The second kappa shape index (κ2) is 6.44. The van der Waals surface area contributed by atoms with E-state index >= 15 is 0 Å². The summed E-state index contributed by atoms with van der Waals surface area (Å²) in [5, 5.41) is 0.0191. The third-order valence-electron chi connectivity index (χ3n) is 1.51. The third-order valence-corrected chi connectivity index (χ3v) is 1.68. The minimum atomic E-state index is 0.0191. The molecule has 0 aliphatic heterocycles. The van der Waals surface area contributed by atoms with Crippen molar-refractivity contribution in [1.29, 1.82) is 0 Å². The van der Waals surface area contributed by atoms with Gasteiger partial charge in [-0.2, -0.15) is 15.0 Å². The Hall–Kier alpha value is -1.14. The van der Waals surface area contributed by atoms with E-state index in [2.05, 4.69) is 28.8 Å². The smallest absolute Gasteiger partial charge is 0.322 e. The van der Waals surface area contributed by atoms with Gasteiger partial charge < -0.3 is 15.2 Å². The van der Waals surface area contributed by atoms with Crippen LogP contribution in [0, 0.1) is 5.92 Å². The van der Waals surface area contributed by atoms with Gasteiger partial charge in [-0.15, -0.1) is 0 Å². The summed E-state index contributed by atoms with van der Waals surface area (Å²) >= 11 is 5.58. The van der Waals surface area contributed by atoms with Gasteiger partial charge in [-0.3, -0.25) is 0 Å². The van der Waals surface area contributed by atoms with Crippen molar-refractivity contribution in [2.24, 2.45) is 5.92 Å². The first-order valence-corrected chi connectivity index (χ1v) is 5.33. The molecular weight excluding hydrogens is 232 g/mol. The van der Waals surface area contributed by atoms with Gasteiger partial charge in [0, 0.05) is 6.61 Å². The van der Waals surface area contributed by atoms with Crippen LogP contribution < -0.4 is 10.5 Å². The molecule has 0 saturated heterocycles. The van der Waals surface area contributed by atoms with Gasteiger partial charge in [0.2, 0.25) is 11.2 Å². The Bertz CT molecular complexity index is 315. The molecule has 0 amide bonds. The van der Waals surface area contributed by atoms with E-state index in [1.165, 1.54) is 0 Å². The van der Waals surface area contributed by atoms with Gasteiger partial charge in [-0.25, -0.2) is 0 Å². The topological polar surface area (TPSA) is 83.2 Å². The normalized spacial score (nSPS) is 10.8. The molecule has 1 rings (SSSR count). The van der Waals surface area contributed by atoms with Crippen LogP contribution in [0.25, 0.3) is 0 Å². The molecule has 0 fully saturated rings. The highest BCUT2D eigenvalue weighted by Gasteiger charge is 2.03. The first-order valence-electron chi connectivity index (χ1n) is 4.95. The summed E-state index contributed by atoms with van der Waals surface area (Å²) in [7, 11) is 0. The molecule has 0 aliphatic carbocycles. The van der Waals surface area contributed by atoms with Crippen molar-refractivity contribution >= 4 is 17.5 Å². The second-order valence-corrected chi connectivity index (χ2v) is 3.90. The Morgan fingerprint density at radius 1 is 1.25 bits per heavy atom. The molecule has 0 unspecified atom stereocenters. The number of aromatic nitrogens is 3. The molecule has 1 aromatic rings. The maximum atomic E-state index is 5.58. The SMILES string of the molecule is CC(C)COCCOc1nc(N)nc(Cl)n1. The summed E-state index contributed by atoms with van der Waals surface area (Å²) in [5.41, 5.74) is 5.37. The number of nitrogen functional groups attached to an aromatic ring is 1. The summed E-state index contributed by atoms with van der Waals surface area (Å²) in [6.45, 7) is 5.68. The first-order chi connectivity index (χ1) is 7.58. The quantitative estimate of drug-likeness (QED) is 0.759. The van der Waals surface area contributed by atoms with Crippen LogP contribution in [-0.4, -0.2) is 34.8 Å². The zero-order chi connectivity index (χ0) is 12.0. The number of rotatable bonds is 6. The van der Waals surface area contributed by atoms with Crippen LogP contribution in [0.4, 0.5) is 5.95 Å². The Morgan fingerprint density at radius 2 is 2.00 bits per heavy atom.